The van der Waals surface area contributed by atoms with Crippen LogP contribution in [0.3, 0.4) is 0 Å². The fourth-order valence-corrected chi connectivity index (χ4v) is 3.73. The molecule has 25 heavy (non-hydrogen) atoms. The molecular formula is C21H39NO3. The average molecular weight is 354 g/mol. The quantitative estimate of drug-likeness (QED) is 0.584. The largest absolute Gasteiger partial charge is 0.393 e. The smallest absolute Gasteiger partial charge is 0.223 e. The van der Waals surface area contributed by atoms with Crippen LogP contribution in [0.25, 0.3) is 0 Å². The van der Waals surface area contributed by atoms with Crippen molar-refractivity contribution in [1.29, 1.82) is 0 Å². The maximum absolute atomic E-state index is 12.4. The minimum Gasteiger partial charge on any atom is -0.393 e. The first-order chi connectivity index (χ1) is 11.8. The molecule has 1 aliphatic carbocycles. The molecule has 1 amide bonds. The number of carbonyl (C=O) groups excluding carboxylic acids is 2. The molecule has 0 aromatic carbocycles. The number of carbonyl (C=O) groups is 2. The molecule has 0 spiro atoms. The van der Waals surface area contributed by atoms with E-state index in [-0.39, 0.29) is 35.7 Å². The van der Waals surface area contributed by atoms with E-state index in [1.54, 1.807) is 6.92 Å². The number of ketones is 1. The standard InChI is InChI=1S/C21H39NO3/c1-15(2)8-5-12-20(24)13-6-9-16(3)21(25)22-19-11-7-10-18(14-19)17(4)23/h15-16,18-20,24H,5-14H2,1-4H3,(H,22,25)/t16-,18?,19+,20-/m1/s1. The van der Waals surface area contributed by atoms with Crippen molar-refractivity contribution in [3.8, 4) is 0 Å². The van der Waals surface area contributed by atoms with Gasteiger partial charge in [0.15, 0.2) is 0 Å². The zero-order valence-corrected chi connectivity index (χ0v) is 16.7. The first kappa shape index (κ1) is 22.1. The Morgan fingerprint density at radius 3 is 2.28 bits per heavy atom. The van der Waals surface area contributed by atoms with Crippen molar-refractivity contribution in [2.75, 3.05) is 0 Å². The molecule has 1 saturated carbocycles. The highest BCUT2D eigenvalue weighted by Crippen LogP contribution is 2.25. The summed E-state index contributed by atoms with van der Waals surface area (Å²) < 4.78 is 0. The number of aliphatic hydroxyl groups is 1. The van der Waals surface area contributed by atoms with E-state index >= 15 is 0 Å². The highest BCUT2D eigenvalue weighted by molar-refractivity contribution is 5.80. The van der Waals surface area contributed by atoms with Gasteiger partial charge in [-0.3, -0.25) is 9.59 Å². The second kappa shape index (κ2) is 11.7. The molecule has 146 valence electrons. The molecule has 0 aliphatic heterocycles. The lowest BCUT2D eigenvalue weighted by atomic mass is 9.83. The van der Waals surface area contributed by atoms with E-state index in [0.717, 1.165) is 57.8 Å². The Hall–Kier alpha value is -0.900. The summed E-state index contributed by atoms with van der Waals surface area (Å²) in [4.78, 5) is 23.9. The van der Waals surface area contributed by atoms with Gasteiger partial charge in [-0.1, -0.05) is 46.5 Å². The number of amides is 1. The summed E-state index contributed by atoms with van der Waals surface area (Å²) in [5.74, 6) is 1.14. The van der Waals surface area contributed by atoms with Gasteiger partial charge in [-0.2, -0.15) is 0 Å². The van der Waals surface area contributed by atoms with Gasteiger partial charge >= 0.3 is 0 Å². The van der Waals surface area contributed by atoms with Crippen molar-refractivity contribution in [3.63, 3.8) is 0 Å². The third-order valence-corrected chi connectivity index (χ3v) is 5.54. The Morgan fingerprint density at radius 2 is 1.68 bits per heavy atom. The zero-order chi connectivity index (χ0) is 18.8. The molecule has 1 fully saturated rings. The number of nitrogens with one attached hydrogen (secondary N) is 1. The summed E-state index contributed by atoms with van der Waals surface area (Å²) in [6.45, 7) is 8.03. The van der Waals surface area contributed by atoms with E-state index in [4.69, 9.17) is 0 Å². The summed E-state index contributed by atoms with van der Waals surface area (Å²) in [6, 6.07) is 0.152. The SMILES string of the molecule is CC(=O)C1CCC[C@H](NC(=O)[C@H](C)CCC[C@H](O)CCCC(C)C)C1. The number of hydrogen-bond acceptors (Lipinski definition) is 3. The number of aliphatic hydroxyl groups excluding tert-OH is 1. The Balaban J connectivity index is 2.20. The molecule has 0 aromatic rings. The predicted molar refractivity (Wildman–Crippen MR) is 102 cm³/mol. The molecule has 0 radical (unpaired) electrons. The molecule has 0 aromatic heterocycles. The highest BCUT2D eigenvalue weighted by atomic mass is 16.3. The van der Waals surface area contributed by atoms with Crippen LogP contribution in [0.5, 0.6) is 0 Å². The summed E-state index contributed by atoms with van der Waals surface area (Å²) in [5.41, 5.74) is 0. The minimum absolute atomic E-state index is 0.0273. The van der Waals surface area contributed by atoms with E-state index in [2.05, 4.69) is 19.2 Å². The number of rotatable bonds is 11. The minimum atomic E-state index is -0.233. The number of Topliss-reactive ketones (excluding diaryl/α,β-unsaturated/α-hetero) is 1. The highest BCUT2D eigenvalue weighted by Gasteiger charge is 2.27. The van der Waals surface area contributed by atoms with Crippen LogP contribution in [0.1, 0.15) is 91.9 Å². The normalized spacial score (nSPS) is 23.3. The summed E-state index contributed by atoms with van der Waals surface area (Å²) in [5, 5.41) is 13.2. The fraction of sp³-hybridized carbons (Fsp3) is 0.905. The third kappa shape index (κ3) is 9.39. The molecule has 1 unspecified atom stereocenters. The fourth-order valence-electron chi connectivity index (χ4n) is 3.73. The van der Waals surface area contributed by atoms with Crippen LogP contribution >= 0.6 is 0 Å². The van der Waals surface area contributed by atoms with E-state index in [1.807, 2.05) is 6.92 Å². The molecule has 4 nitrogen and oxygen atoms in total. The lowest BCUT2D eigenvalue weighted by Crippen LogP contribution is -2.41. The number of hydrogen-bond donors (Lipinski definition) is 2. The molecule has 4 heteroatoms. The first-order valence-corrected chi connectivity index (χ1v) is 10.3. The van der Waals surface area contributed by atoms with E-state index in [0.29, 0.717) is 5.92 Å². The van der Waals surface area contributed by atoms with Gasteiger partial charge in [0, 0.05) is 17.9 Å². The lowest BCUT2D eigenvalue weighted by Gasteiger charge is -2.29. The van der Waals surface area contributed by atoms with E-state index < -0.39 is 0 Å². The van der Waals surface area contributed by atoms with Gasteiger partial charge < -0.3 is 10.4 Å². The zero-order valence-electron chi connectivity index (χ0n) is 16.7. The maximum atomic E-state index is 12.4. The van der Waals surface area contributed by atoms with Gasteiger partial charge in [0.2, 0.25) is 5.91 Å². The van der Waals surface area contributed by atoms with Gasteiger partial charge in [0.25, 0.3) is 0 Å². The second-order valence-corrected chi connectivity index (χ2v) is 8.49. The topological polar surface area (TPSA) is 66.4 Å². The van der Waals surface area contributed by atoms with E-state index in [1.165, 1.54) is 6.42 Å². The second-order valence-electron chi connectivity index (χ2n) is 8.49. The molecule has 1 aliphatic rings. The summed E-state index contributed by atoms with van der Waals surface area (Å²) in [6.07, 6.45) is 9.13. The van der Waals surface area contributed by atoms with E-state index in [9.17, 15) is 14.7 Å². The van der Waals surface area contributed by atoms with Crippen LogP contribution < -0.4 is 5.32 Å². The Bertz CT molecular complexity index is 408. The van der Waals surface area contributed by atoms with Crippen molar-refractivity contribution in [3.05, 3.63) is 0 Å². The molecule has 0 heterocycles. The van der Waals surface area contributed by atoms with Gasteiger partial charge in [0.1, 0.15) is 5.78 Å². The third-order valence-electron chi connectivity index (χ3n) is 5.54. The molecule has 1 rings (SSSR count). The lowest BCUT2D eigenvalue weighted by molar-refractivity contribution is -0.127. The van der Waals surface area contributed by atoms with Crippen molar-refractivity contribution in [2.45, 2.75) is 104 Å². The first-order valence-electron chi connectivity index (χ1n) is 10.3. The Morgan fingerprint density at radius 1 is 1.04 bits per heavy atom. The van der Waals surface area contributed by atoms with Gasteiger partial charge in [-0.05, 0) is 51.4 Å². The molecule has 4 atom stereocenters. The van der Waals surface area contributed by atoms with Gasteiger partial charge in [-0.15, -0.1) is 0 Å². The van der Waals surface area contributed by atoms with Crippen LogP contribution in [0.2, 0.25) is 0 Å². The Labute approximate surface area is 154 Å². The van der Waals surface area contributed by atoms with Gasteiger partial charge in [0.05, 0.1) is 6.10 Å². The predicted octanol–water partition coefficient (Wildman–Crippen LogP) is 4.24. The van der Waals surface area contributed by atoms with Gasteiger partial charge in [-0.25, -0.2) is 0 Å². The molecule has 0 bridgehead atoms. The van der Waals surface area contributed by atoms with Crippen LogP contribution in [0, 0.1) is 17.8 Å². The maximum Gasteiger partial charge on any atom is 0.223 e. The average Bonchev–Trinajstić information content (AvgIpc) is 2.54. The van der Waals surface area contributed by atoms with Crippen molar-refractivity contribution in [1.82, 2.24) is 5.32 Å². The van der Waals surface area contributed by atoms with Crippen molar-refractivity contribution in [2.24, 2.45) is 17.8 Å². The van der Waals surface area contributed by atoms with Crippen LogP contribution in [0.15, 0.2) is 0 Å². The Kier molecular flexibility index (Phi) is 10.3. The van der Waals surface area contributed by atoms with Crippen LogP contribution in [0.4, 0.5) is 0 Å². The molecular weight excluding hydrogens is 314 g/mol. The monoisotopic (exact) mass is 353 g/mol. The van der Waals surface area contributed by atoms with Crippen molar-refractivity contribution >= 4 is 11.7 Å². The van der Waals surface area contributed by atoms with Crippen LogP contribution in [-0.2, 0) is 9.59 Å². The summed E-state index contributed by atoms with van der Waals surface area (Å²) >= 11 is 0. The molecule has 0 saturated heterocycles. The van der Waals surface area contributed by atoms with Crippen LogP contribution in [-0.4, -0.2) is 28.9 Å². The molecule has 2 N–H and O–H groups in total. The summed E-state index contributed by atoms with van der Waals surface area (Å²) in [7, 11) is 0. The van der Waals surface area contributed by atoms with Crippen molar-refractivity contribution < 1.29 is 14.7 Å².